The van der Waals surface area contributed by atoms with E-state index in [1.165, 1.54) is 0 Å². The molecule has 0 aliphatic heterocycles. The van der Waals surface area contributed by atoms with E-state index in [1.807, 2.05) is 0 Å². The van der Waals surface area contributed by atoms with Crippen LogP contribution in [0.4, 0.5) is 0 Å². The molecule has 0 fully saturated rings. The molecule has 0 bridgehead atoms. The van der Waals surface area contributed by atoms with E-state index in [0.29, 0.717) is 0 Å². The van der Waals surface area contributed by atoms with Crippen LogP contribution < -0.4 is 0 Å². The van der Waals surface area contributed by atoms with Gasteiger partial charge in [0.1, 0.15) is 13.1 Å². The number of carbonyl (C=O) groups is 2. The summed E-state index contributed by atoms with van der Waals surface area (Å²) in [5.41, 5.74) is 0. The van der Waals surface area contributed by atoms with E-state index < -0.39 is 25.1 Å². The molecule has 0 aliphatic carbocycles. The lowest BCUT2D eigenvalue weighted by Crippen LogP contribution is -2.16. The van der Waals surface area contributed by atoms with Crippen LogP contribution in [-0.4, -0.2) is 39.3 Å². The Morgan fingerprint density at radius 1 is 1.18 bits per heavy atom. The Balaban J connectivity index is 4.71. The monoisotopic (exact) mass is 166 g/mol. The smallest absolute Gasteiger partial charge is 0.331 e. The maximum atomic E-state index is 10.8. The van der Waals surface area contributed by atoms with E-state index in [4.69, 9.17) is 5.48 Å². The van der Waals surface area contributed by atoms with Crippen molar-refractivity contribution in [3.63, 3.8) is 0 Å². The molecule has 0 aliphatic rings. The van der Waals surface area contributed by atoms with Gasteiger partial charge in [-0.15, -0.1) is 0 Å². The zero-order valence-corrected chi connectivity index (χ0v) is 6.04. The van der Waals surface area contributed by atoms with Gasteiger partial charge in [0.2, 0.25) is 0 Å². The third-order valence-electron chi connectivity index (χ3n) is 0.640. The molecule has 0 saturated carbocycles. The van der Waals surface area contributed by atoms with Crippen molar-refractivity contribution in [1.82, 2.24) is 0 Å². The molecule has 0 atom stereocenters. The average molecular weight is 166 g/mol. The molecule has 0 N–H and O–H groups in total. The highest BCUT2D eigenvalue weighted by Crippen LogP contribution is 1.80. The molecule has 0 aromatic heterocycles. The SMILES string of the molecule is [2H]C([2H])(OC([2H])([2H])C(=O)OC)C(=O)OC. The highest BCUT2D eigenvalue weighted by atomic mass is 16.6. The second-order valence-electron chi connectivity index (χ2n) is 1.29. The first-order valence-electron chi connectivity index (χ1n) is 4.54. The van der Waals surface area contributed by atoms with Crippen LogP contribution in [0.2, 0.25) is 0 Å². The summed E-state index contributed by atoms with van der Waals surface area (Å²) in [6, 6.07) is 0. The molecule has 0 aromatic carbocycles. The third kappa shape index (κ3) is 5.35. The van der Waals surface area contributed by atoms with Gasteiger partial charge in [-0.2, -0.15) is 0 Å². The van der Waals surface area contributed by atoms with Crippen LogP contribution in [0.5, 0.6) is 0 Å². The normalized spacial score (nSPS) is 16.9. The van der Waals surface area contributed by atoms with E-state index in [9.17, 15) is 9.59 Å². The van der Waals surface area contributed by atoms with Gasteiger partial charge in [0.05, 0.1) is 19.7 Å². The molecule has 0 heterocycles. The number of carbonyl (C=O) groups excluding carboxylic acids is 2. The molecule has 0 amide bonds. The minimum absolute atomic E-state index is 0.900. The highest BCUT2D eigenvalue weighted by Gasteiger charge is 2.03. The molecule has 0 rings (SSSR count). The van der Waals surface area contributed by atoms with Crippen molar-refractivity contribution in [2.45, 2.75) is 0 Å². The van der Waals surface area contributed by atoms with Gasteiger partial charge in [-0.3, -0.25) is 0 Å². The molecule has 5 heteroatoms. The average Bonchev–Trinajstić information content (AvgIpc) is 2.13. The standard InChI is InChI=1S/C6H10O5/c1-9-5(7)3-11-4-6(8)10-2/h3-4H2,1-2H3/i3D2,4D2. The summed E-state index contributed by atoms with van der Waals surface area (Å²) in [6.07, 6.45) is 0. The number of hydrogen-bond donors (Lipinski definition) is 0. The molecular weight excluding hydrogens is 152 g/mol. The van der Waals surface area contributed by atoms with E-state index >= 15 is 0 Å². The van der Waals surface area contributed by atoms with Crippen molar-refractivity contribution in [1.29, 1.82) is 0 Å². The molecule has 0 saturated heterocycles. The summed E-state index contributed by atoms with van der Waals surface area (Å²) in [4.78, 5) is 21.6. The van der Waals surface area contributed by atoms with Gasteiger partial charge in [0, 0.05) is 0 Å². The first-order valence-corrected chi connectivity index (χ1v) is 2.54. The lowest BCUT2D eigenvalue weighted by Gasteiger charge is -2.00. The summed E-state index contributed by atoms with van der Waals surface area (Å²) in [5.74, 6) is -2.90. The zero-order valence-electron chi connectivity index (χ0n) is 10.0. The summed E-state index contributed by atoms with van der Waals surface area (Å²) >= 11 is 0. The van der Waals surface area contributed by atoms with Crippen LogP contribution in [0.15, 0.2) is 0 Å². The summed E-state index contributed by atoms with van der Waals surface area (Å²) in [7, 11) is 1.80. The fourth-order valence-electron chi connectivity index (χ4n) is 0.192. The largest absolute Gasteiger partial charge is 0.467 e. The van der Waals surface area contributed by atoms with Crippen LogP contribution >= 0.6 is 0 Å². The van der Waals surface area contributed by atoms with Crippen molar-refractivity contribution in [3.8, 4) is 0 Å². The minimum atomic E-state index is -3.06. The molecule has 0 radical (unpaired) electrons. The molecule has 0 aromatic rings. The first kappa shape index (κ1) is 4.71. The van der Waals surface area contributed by atoms with Gasteiger partial charge in [0.25, 0.3) is 0 Å². The van der Waals surface area contributed by atoms with Gasteiger partial charge in [0.15, 0.2) is 0 Å². The van der Waals surface area contributed by atoms with Crippen LogP contribution in [-0.2, 0) is 23.8 Å². The Bertz CT molecular complexity index is 238. The molecule has 11 heavy (non-hydrogen) atoms. The predicted octanol–water partition coefficient (Wildman–Crippen LogP) is -0.651. The Kier molecular flexibility index (Phi) is 2.43. The van der Waals surface area contributed by atoms with E-state index in [2.05, 4.69) is 14.2 Å². The van der Waals surface area contributed by atoms with Crippen molar-refractivity contribution in [2.75, 3.05) is 27.3 Å². The fraction of sp³-hybridized carbons (Fsp3) is 0.667. The Morgan fingerprint density at radius 2 is 1.55 bits per heavy atom. The number of hydrogen-bond acceptors (Lipinski definition) is 5. The van der Waals surface area contributed by atoms with Gasteiger partial charge < -0.3 is 14.2 Å². The lowest BCUT2D eigenvalue weighted by atomic mass is 10.7. The Labute approximate surface area is 69.8 Å². The maximum Gasteiger partial charge on any atom is 0.331 e. The third-order valence-corrected chi connectivity index (χ3v) is 0.640. The van der Waals surface area contributed by atoms with Crippen molar-refractivity contribution < 1.29 is 29.3 Å². The minimum Gasteiger partial charge on any atom is -0.467 e. The van der Waals surface area contributed by atoms with Crippen LogP contribution in [0, 0.1) is 0 Å². The number of methoxy groups -OCH3 is 2. The van der Waals surface area contributed by atoms with Crippen molar-refractivity contribution in [2.24, 2.45) is 0 Å². The van der Waals surface area contributed by atoms with Gasteiger partial charge >= 0.3 is 11.9 Å². The highest BCUT2D eigenvalue weighted by molar-refractivity contribution is 5.72. The van der Waals surface area contributed by atoms with E-state index in [1.54, 1.807) is 0 Å². The second kappa shape index (κ2) is 5.67. The molecular formula is C6H10O5. The number of esters is 2. The molecule has 0 spiro atoms. The van der Waals surface area contributed by atoms with E-state index in [-0.39, 0.29) is 0 Å². The van der Waals surface area contributed by atoms with E-state index in [0.717, 1.165) is 14.2 Å². The Hall–Kier alpha value is -1.10. The summed E-state index contributed by atoms with van der Waals surface area (Å²) < 4.78 is 40.0. The predicted molar refractivity (Wildman–Crippen MR) is 34.9 cm³/mol. The fourth-order valence-corrected chi connectivity index (χ4v) is 0.192. The topological polar surface area (TPSA) is 61.8 Å². The first-order chi connectivity index (χ1) is 6.67. The zero-order chi connectivity index (χ0) is 12.3. The van der Waals surface area contributed by atoms with Crippen molar-refractivity contribution >= 4 is 11.9 Å². The maximum absolute atomic E-state index is 10.8. The van der Waals surface area contributed by atoms with Crippen LogP contribution in [0.25, 0.3) is 0 Å². The molecule has 5 nitrogen and oxygen atoms in total. The van der Waals surface area contributed by atoms with Crippen molar-refractivity contribution in [3.05, 3.63) is 0 Å². The quantitative estimate of drug-likeness (QED) is 0.519. The van der Waals surface area contributed by atoms with Gasteiger partial charge in [-0.05, 0) is 0 Å². The Morgan fingerprint density at radius 3 is 1.82 bits per heavy atom. The lowest BCUT2D eigenvalue weighted by molar-refractivity contribution is -0.152. The molecule has 64 valence electrons. The van der Waals surface area contributed by atoms with Crippen LogP contribution in [0.3, 0.4) is 0 Å². The second-order valence-corrected chi connectivity index (χ2v) is 1.29. The molecule has 0 unspecified atom stereocenters. The number of rotatable bonds is 4. The summed E-state index contributed by atoms with van der Waals surface area (Å²) in [6.45, 7) is -6.13. The summed E-state index contributed by atoms with van der Waals surface area (Å²) in [5, 5.41) is 0. The van der Waals surface area contributed by atoms with Gasteiger partial charge in [-0.25, -0.2) is 9.59 Å². The van der Waals surface area contributed by atoms with Crippen LogP contribution in [0.1, 0.15) is 5.48 Å². The van der Waals surface area contributed by atoms with Gasteiger partial charge in [-0.1, -0.05) is 0 Å². The number of ether oxygens (including phenoxy) is 3.